The number of oxime groups is 1. The Morgan fingerprint density at radius 1 is 1.33 bits per heavy atom. The van der Waals surface area contributed by atoms with Crippen LogP contribution in [-0.2, 0) is 16.1 Å². The van der Waals surface area contributed by atoms with Gasteiger partial charge in [0.05, 0.1) is 30.0 Å². The molecule has 0 saturated heterocycles. The molecule has 0 unspecified atom stereocenters. The molecule has 0 bridgehead atoms. The summed E-state index contributed by atoms with van der Waals surface area (Å²) in [6.07, 6.45) is 8.92. The van der Waals surface area contributed by atoms with Crippen molar-refractivity contribution < 1.29 is 24.3 Å². The van der Waals surface area contributed by atoms with Crippen molar-refractivity contribution in [2.75, 3.05) is 27.7 Å². The van der Waals surface area contributed by atoms with Crippen LogP contribution in [0.2, 0.25) is 5.02 Å². The average Bonchev–Trinajstić information content (AvgIpc) is 2.82. The molecule has 0 radical (unpaired) electrons. The number of halogens is 1. The molecule has 1 N–H and O–H groups in total. The van der Waals surface area contributed by atoms with Crippen LogP contribution in [0.25, 0.3) is 0 Å². The van der Waals surface area contributed by atoms with Crippen molar-refractivity contribution >= 4 is 29.6 Å². The van der Waals surface area contributed by atoms with E-state index in [9.17, 15) is 14.7 Å². The van der Waals surface area contributed by atoms with Gasteiger partial charge in [-0.05, 0) is 64.1 Å². The predicted molar refractivity (Wildman–Crippen MR) is 144 cm³/mol. The topological polar surface area (TPSA) is 88.4 Å². The molecule has 0 spiro atoms. The van der Waals surface area contributed by atoms with Crippen LogP contribution in [0.15, 0.2) is 29.0 Å². The average molecular weight is 519 g/mol. The van der Waals surface area contributed by atoms with E-state index in [-0.39, 0.29) is 35.2 Å². The number of carbonyl (C=O) groups excluding carboxylic acids is 2. The number of hydrogen-bond donors (Lipinski definition) is 1. The second kappa shape index (κ2) is 12.5. The van der Waals surface area contributed by atoms with Gasteiger partial charge in [-0.1, -0.05) is 61.3 Å². The molecule has 198 valence electrons. The molecule has 8 heteroatoms. The first-order chi connectivity index (χ1) is 16.9. The summed E-state index contributed by atoms with van der Waals surface area (Å²) >= 11 is 6.39. The lowest BCUT2D eigenvalue weighted by Crippen LogP contribution is -2.40. The van der Waals surface area contributed by atoms with Crippen LogP contribution in [0.4, 0.5) is 0 Å². The fourth-order valence-electron chi connectivity index (χ4n) is 4.56. The number of nitrogens with zero attached hydrogens (tertiary/aromatic N) is 2. The molecule has 2 rings (SSSR count). The number of hydrogen-bond acceptors (Lipinski definition) is 7. The van der Waals surface area contributed by atoms with Crippen molar-refractivity contribution in [3.05, 3.63) is 45.5 Å². The maximum atomic E-state index is 11.9. The number of benzene rings is 1. The molecular formula is C28H39ClN2O5. The van der Waals surface area contributed by atoms with Crippen molar-refractivity contribution in [1.82, 2.24) is 4.90 Å². The monoisotopic (exact) mass is 518 g/mol. The Balaban J connectivity index is 2.26. The molecular weight excluding hydrogens is 480 g/mol. The van der Waals surface area contributed by atoms with E-state index in [4.69, 9.17) is 21.2 Å². The van der Waals surface area contributed by atoms with Gasteiger partial charge in [-0.25, -0.2) is 4.79 Å². The smallest absolute Gasteiger partial charge is 0.348 e. The van der Waals surface area contributed by atoms with Gasteiger partial charge in [0.25, 0.3) is 0 Å². The molecule has 0 amide bonds. The molecule has 3 atom stereocenters. The van der Waals surface area contributed by atoms with Crippen LogP contribution >= 0.6 is 11.6 Å². The predicted octanol–water partition coefficient (Wildman–Crippen LogP) is 5.75. The maximum Gasteiger partial charge on any atom is 0.348 e. The number of phenolic OH excluding ortho intramolecular Hbond substituents is 1. The highest BCUT2D eigenvalue weighted by Gasteiger charge is 2.41. The molecule has 1 aromatic rings. The van der Waals surface area contributed by atoms with Gasteiger partial charge >= 0.3 is 5.97 Å². The third-order valence-corrected chi connectivity index (χ3v) is 7.90. The number of carbonyl (C=O) groups is 2. The lowest BCUT2D eigenvalue weighted by Gasteiger charge is -2.43. The largest absolute Gasteiger partial charge is 0.507 e. The molecule has 1 aromatic carbocycles. The number of aldehydes is 1. The molecule has 0 heterocycles. The first-order valence-electron chi connectivity index (χ1n) is 12.2. The Morgan fingerprint density at radius 3 is 2.58 bits per heavy atom. The van der Waals surface area contributed by atoms with E-state index < -0.39 is 0 Å². The van der Waals surface area contributed by atoms with Crippen LogP contribution in [0.5, 0.6) is 11.5 Å². The van der Waals surface area contributed by atoms with Crippen molar-refractivity contribution in [2.45, 2.75) is 53.9 Å². The molecule has 1 aliphatic rings. The number of methoxy groups -OCH3 is 1. The third kappa shape index (κ3) is 6.56. The van der Waals surface area contributed by atoms with Gasteiger partial charge in [0, 0.05) is 11.5 Å². The summed E-state index contributed by atoms with van der Waals surface area (Å²) in [6, 6.07) is 0. The summed E-state index contributed by atoms with van der Waals surface area (Å²) in [7, 11) is 5.11. The van der Waals surface area contributed by atoms with Gasteiger partial charge < -0.3 is 14.7 Å². The van der Waals surface area contributed by atoms with Crippen molar-refractivity contribution in [2.24, 2.45) is 22.4 Å². The first kappa shape index (κ1) is 29.6. The Hall–Kier alpha value is -2.64. The van der Waals surface area contributed by atoms with E-state index in [2.05, 4.69) is 38.1 Å². The maximum absolute atomic E-state index is 11.9. The minimum absolute atomic E-state index is 0.0904. The fraction of sp³-hybridized carbons (Fsp3) is 0.536. The van der Waals surface area contributed by atoms with Gasteiger partial charge in [0.1, 0.15) is 11.5 Å². The summed E-state index contributed by atoms with van der Waals surface area (Å²) in [4.78, 5) is 30.4. The lowest BCUT2D eigenvalue weighted by molar-refractivity contribution is -0.144. The fourth-order valence-corrected chi connectivity index (χ4v) is 4.86. The van der Waals surface area contributed by atoms with Gasteiger partial charge in [0.15, 0.2) is 6.29 Å². The van der Waals surface area contributed by atoms with E-state index >= 15 is 0 Å². The number of likely N-dealkylation sites (N-methyl/N-ethyl adjacent to an activating group) is 1. The molecule has 1 aliphatic carbocycles. The molecule has 7 nitrogen and oxygen atoms in total. The summed E-state index contributed by atoms with van der Waals surface area (Å²) in [6.45, 7) is 10.4. The van der Waals surface area contributed by atoms with Gasteiger partial charge in [0.2, 0.25) is 0 Å². The zero-order valence-corrected chi connectivity index (χ0v) is 23.4. The van der Waals surface area contributed by atoms with E-state index in [0.717, 1.165) is 24.1 Å². The van der Waals surface area contributed by atoms with E-state index in [0.29, 0.717) is 40.5 Å². The third-order valence-electron chi connectivity index (χ3n) is 7.44. The second-order valence-corrected chi connectivity index (χ2v) is 10.5. The van der Waals surface area contributed by atoms with Crippen molar-refractivity contribution in [3.63, 3.8) is 0 Å². The number of ether oxygens (including phenoxy) is 1. The minimum Gasteiger partial charge on any atom is -0.507 e. The standard InChI is InChI=1S/C28H39ClN2O5/c1-17(9-11-21-26(34)22(16-32)19(3)25(29)27(21)35-8)13-14-28(5)18(2)10-12-23(20(28)4)30-36-24(33)15-31(6)7/h9,13-14,16,18,20,34H,10-12,15H2,1-8H3/b14-13+,17-9+,30-23+/t18-,20+,28+/m1/s1. The van der Waals surface area contributed by atoms with E-state index in [1.54, 1.807) is 11.8 Å². The SMILES string of the molecule is COc1c(Cl)c(C)c(C=O)c(O)c1C/C=C(C)/C=C/[C@@]1(C)[C@H](C)CC/C(=N\OC(=O)CN(C)C)[C@@H]1C. The molecule has 0 aromatic heterocycles. The highest BCUT2D eigenvalue weighted by molar-refractivity contribution is 6.33. The minimum atomic E-state index is -0.373. The van der Waals surface area contributed by atoms with Crippen LogP contribution < -0.4 is 4.74 Å². The number of rotatable bonds is 9. The Kier molecular flexibility index (Phi) is 10.3. The second-order valence-electron chi connectivity index (χ2n) is 10.1. The summed E-state index contributed by atoms with van der Waals surface area (Å²) in [5.41, 5.74) is 2.83. The van der Waals surface area contributed by atoms with Gasteiger partial charge in [-0.2, -0.15) is 0 Å². The zero-order valence-electron chi connectivity index (χ0n) is 22.6. The van der Waals surface area contributed by atoms with Crippen LogP contribution in [0.1, 0.15) is 62.0 Å². The van der Waals surface area contributed by atoms with Crippen LogP contribution in [0, 0.1) is 24.2 Å². The van der Waals surface area contributed by atoms with Gasteiger partial charge in [-0.15, -0.1) is 0 Å². The summed E-state index contributed by atoms with van der Waals surface area (Å²) in [5.74, 6) is 0.386. The van der Waals surface area contributed by atoms with E-state index in [1.165, 1.54) is 7.11 Å². The normalized spacial score (nSPS) is 23.9. The Morgan fingerprint density at radius 2 is 2.00 bits per heavy atom. The number of aromatic hydroxyl groups is 1. The van der Waals surface area contributed by atoms with E-state index in [1.807, 2.05) is 27.1 Å². The molecule has 36 heavy (non-hydrogen) atoms. The van der Waals surface area contributed by atoms with Crippen molar-refractivity contribution in [1.29, 1.82) is 0 Å². The molecule has 0 aliphatic heterocycles. The van der Waals surface area contributed by atoms with Crippen LogP contribution in [-0.4, -0.2) is 55.7 Å². The highest BCUT2D eigenvalue weighted by atomic mass is 35.5. The van der Waals surface area contributed by atoms with Crippen molar-refractivity contribution in [3.8, 4) is 11.5 Å². The zero-order chi connectivity index (χ0) is 27.2. The number of allylic oxidation sites excluding steroid dienone is 4. The molecule has 1 fully saturated rings. The lowest BCUT2D eigenvalue weighted by atomic mass is 9.61. The number of phenols is 1. The van der Waals surface area contributed by atoms with Crippen LogP contribution in [0.3, 0.4) is 0 Å². The summed E-state index contributed by atoms with van der Waals surface area (Å²) in [5, 5.41) is 15.2. The van der Waals surface area contributed by atoms with Gasteiger partial charge in [-0.3, -0.25) is 9.69 Å². The summed E-state index contributed by atoms with van der Waals surface area (Å²) < 4.78 is 5.43. The molecule has 1 saturated carbocycles. The Bertz CT molecular complexity index is 1080. The highest BCUT2D eigenvalue weighted by Crippen LogP contribution is 2.45. The quantitative estimate of drug-likeness (QED) is 0.194. The first-order valence-corrected chi connectivity index (χ1v) is 12.5. The Labute approximate surface area is 219 Å².